The molecule has 1 heterocycles. The molecular formula is C22H22N2O2. The Bertz CT molecular complexity index is 904. The lowest BCUT2D eigenvalue weighted by Gasteiger charge is -2.37. The monoisotopic (exact) mass is 346 g/mol. The van der Waals surface area contributed by atoms with Crippen LogP contribution in [0.1, 0.15) is 31.8 Å². The zero-order chi connectivity index (χ0) is 18.3. The molecule has 0 spiro atoms. The van der Waals surface area contributed by atoms with Crippen LogP contribution in [-0.4, -0.2) is 54.6 Å². The van der Waals surface area contributed by atoms with Gasteiger partial charge in [0.1, 0.15) is 0 Å². The Hall–Kier alpha value is -2.72. The van der Waals surface area contributed by atoms with E-state index in [9.17, 15) is 9.59 Å². The summed E-state index contributed by atoms with van der Waals surface area (Å²) < 4.78 is 0. The smallest absolute Gasteiger partial charge is 0.210 e. The van der Waals surface area contributed by atoms with Crippen molar-refractivity contribution in [2.24, 2.45) is 0 Å². The summed E-state index contributed by atoms with van der Waals surface area (Å²) in [6.07, 6.45) is 0. The maximum Gasteiger partial charge on any atom is 0.210 e. The second-order valence-electron chi connectivity index (χ2n) is 7.08. The van der Waals surface area contributed by atoms with E-state index >= 15 is 0 Å². The molecule has 1 fully saturated rings. The van der Waals surface area contributed by atoms with Crippen molar-refractivity contribution in [1.29, 1.82) is 0 Å². The average Bonchev–Trinajstić information content (AvgIpc) is 2.66. The highest BCUT2D eigenvalue weighted by Gasteiger charge is 2.36. The highest BCUT2D eigenvalue weighted by Crippen LogP contribution is 2.34. The number of allylic oxidation sites excluding steroid dienone is 2. The second kappa shape index (κ2) is 6.54. The van der Waals surface area contributed by atoms with Crippen molar-refractivity contribution >= 4 is 17.1 Å². The third-order valence-corrected chi connectivity index (χ3v) is 5.26. The molecule has 0 radical (unpaired) electrons. The molecule has 0 saturated carbocycles. The lowest BCUT2D eigenvalue weighted by molar-refractivity contribution is 0.0934. The molecule has 132 valence electrons. The zero-order valence-electron chi connectivity index (χ0n) is 15.2. The lowest BCUT2D eigenvalue weighted by atomic mass is 9.83. The molecule has 0 unspecified atom stereocenters. The summed E-state index contributed by atoms with van der Waals surface area (Å²) in [6.45, 7) is 5.29. The summed E-state index contributed by atoms with van der Waals surface area (Å²) >= 11 is 0. The van der Waals surface area contributed by atoms with Crippen LogP contribution in [0.3, 0.4) is 0 Å². The van der Waals surface area contributed by atoms with E-state index in [0.29, 0.717) is 22.4 Å². The van der Waals surface area contributed by atoms with Gasteiger partial charge in [-0.25, -0.2) is 0 Å². The summed E-state index contributed by atoms with van der Waals surface area (Å²) in [6, 6.07) is 15.0. The Labute approximate surface area is 153 Å². The summed E-state index contributed by atoms with van der Waals surface area (Å²) in [5.74, 6) is -0.0988. The number of hydrogen-bond donors (Lipinski definition) is 0. The molecule has 2 aromatic rings. The van der Waals surface area contributed by atoms with Gasteiger partial charge in [-0.2, -0.15) is 0 Å². The molecule has 2 aliphatic rings. The van der Waals surface area contributed by atoms with E-state index in [0.717, 1.165) is 37.3 Å². The van der Waals surface area contributed by atoms with Crippen molar-refractivity contribution in [3.05, 3.63) is 76.5 Å². The highest BCUT2D eigenvalue weighted by molar-refractivity contribution is 6.40. The van der Waals surface area contributed by atoms with Crippen LogP contribution in [0.2, 0.25) is 0 Å². The standard InChI is InChI=1S/C22H22N2O2/c1-15-7-9-16(10-8-15)19-20(24-13-11-23(2)12-14-24)22(26)18-6-4-3-5-17(18)21(19)25/h3-10H,11-14H2,1-2H3. The number of hydrogen-bond acceptors (Lipinski definition) is 4. The number of carbonyl (C=O) groups excluding carboxylic acids is 2. The fourth-order valence-corrected chi connectivity index (χ4v) is 3.68. The molecule has 2 aromatic carbocycles. The van der Waals surface area contributed by atoms with Gasteiger partial charge in [-0.15, -0.1) is 0 Å². The van der Waals surface area contributed by atoms with Gasteiger partial charge in [0.05, 0.1) is 11.3 Å². The van der Waals surface area contributed by atoms with Gasteiger partial charge < -0.3 is 9.80 Å². The average molecular weight is 346 g/mol. The van der Waals surface area contributed by atoms with E-state index in [1.54, 1.807) is 12.1 Å². The molecule has 4 rings (SSSR count). The van der Waals surface area contributed by atoms with Gasteiger partial charge in [0.25, 0.3) is 0 Å². The number of benzene rings is 2. The normalized spacial score (nSPS) is 18.3. The number of carbonyl (C=O) groups is 2. The van der Waals surface area contributed by atoms with Crippen LogP contribution in [0, 0.1) is 6.92 Å². The first-order valence-electron chi connectivity index (χ1n) is 8.99. The Morgan fingerprint density at radius 3 is 1.96 bits per heavy atom. The van der Waals surface area contributed by atoms with Crippen LogP contribution in [0.5, 0.6) is 0 Å². The molecule has 0 aromatic heterocycles. The number of Topliss-reactive ketones (excluding diaryl/α,β-unsaturated/α-hetero) is 2. The summed E-state index contributed by atoms with van der Waals surface area (Å²) in [5, 5.41) is 0. The van der Waals surface area contributed by atoms with Crippen molar-refractivity contribution in [3.8, 4) is 0 Å². The number of fused-ring (bicyclic) bond motifs is 1. The van der Waals surface area contributed by atoms with Crippen molar-refractivity contribution in [2.75, 3.05) is 33.2 Å². The van der Waals surface area contributed by atoms with Crippen molar-refractivity contribution in [2.45, 2.75) is 6.92 Å². The van der Waals surface area contributed by atoms with Crippen LogP contribution in [0.15, 0.2) is 54.2 Å². The zero-order valence-corrected chi connectivity index (χ0v) is 15.2. The van der Waals surface area contributed by atoms with Crippen LogP contribution >= 0.6 is 0 Å². The molecule has 0 atom stereocenters. The largest absolute Gasteiger partial charge is 0.365 e. The molecular weight excluding hydrogens is 324 g/mol. The molecule has 0 amide bonds. The van der Waals surface area contributed by atoms with Gasteiger partial charge in [0, 0.05) is 37.3 Å². The Kier molecular flexibility index (Phi) is 4.21. The number of nitrogens with zero attached hydrogens (tertiary/aromatic N) is 2. The number of ketones is 2. The minimum Gasteiger partial charge on any atom is -0.365 e. The van der Waals surface area contributed by atoms with E-state index in [1.807, 2.05) is 43.3 Å². The first-order chi connectivity index (χ1) is 12.6. The molecule has 26 heavy (non-hydrogen) atoms. The molecule has 4 heteroatoms. The minimum atomic E-state index is -0.0574. The van der Waals surface area contributed by atoms with Crippen LogP contribution in [-0.2, 0) is 0 Å². The Morgan fingerprint density at radius 1 is 0.769 bits per heavy atom. The van der Waals surface area contributed by atoms with Crippen LogP contribution < -0.4 is 0 Å². The lowest BCUT2D eigenvalue weighted by Crippen LogP contribution is -2.46. The molecule has 0 N–H and O–H groups in total. The molecule has 4 nitrogen and oxygen atoms in total. The van der Waals surface area contributed by atoms with Gasteiger partial charge >= 0.3 is 0 Å². The third kappa shape index (κ3) is 2.76. The number of piperazine rings is 1. The first-order valence-corrected chi connectivity index (χ1v) is 8.99. The topological polar surface area (TPSA) is 40.6 Å². The van der Waals surface area contributed by atoms with Gasteiger partial charge in [-0.05, 0) is 19.5 Å². The van der Waals surface area contributed by atoms with Crippen molar-refractivity contribution in [1.82, 2.24) is 9.80 Å². The summed E-state index contributed by atoms with van der Waals surface area (Å²) in [5.41, 5.74) is 4.07. The quantitative estimate of drug-likeness (QED) is 0.838. The first kappa shape index (κ1) is 16.7. The Morgan fingerprint density at radius 2 is 1.35 bits per heavy atom. The van der Waals surface area contributed by atoms with Crippen molar-refractivity contribution in [3.63, 3.8) is 0 Å². The molecule has 1 aliphatic carbocycles. The fourth-order valence-electron chi connectivity index (χ4n) is 3.68. The van der Waals surface area contributed by atoms with Gasteiger partial charge in [0.2, 0.25) is 5.78 Å². The van der Waals surface area contributed by atoms with E-state index in [4.69, 9.17) is 0 Å². The van der Waals surface area contributed by atoms with Crippen LogP contribution in [0.25, 0.3) is 5.57 Å². The maximum absolute atomic E-state index is 13.3. The summed E-state index contributed by atoms with van der Waals surface area (Å²) in [4.78, 5) is 31.0. The van der Waals surface area contributed by atoms with E-state index in [-0.39, 0.29) is 11.6 Å². The number of aryl methyl sites for hydroxylation is 1. The number of rotatable bonds is 2. The highest BCUT2D eigenvalue weighted by atomic mass is 16.1. The van der Waals surface area contributed by atoms with E-state index in [2.05, 4.69) is 16.8 Å². The summed E-state index contributed by atoms with van der Waals surface area (Å²) in [7, 11) is 2.08. The molecule has 1 aliphatic heterocycles. The molecule has 1 saturated heterocycles. The van der Waals surface area contributed by atoms with Gasteiger partial charge in [-0.1, -0.05) is 54.1 Å². The maximum atomic E-state index is 13.3. The van der Waals surface area contributed by atoms with Gasteiger partial charge in [-0.3, -0.25) is 9.59 Å². The van der Waals surface area contributed by atoms with Gasteiger partial charge in [0.15, 0.2) is 5.78 Å². The predicted octanol–water partition coefficient (Wildman–Crippen LogP) is 3.03. The second-order valence-corrected chi connectivity index (χ2v) is 7.08. The minimum absolute atomic E-state index is 0.0414. The fraction of sp³-hybridized carbons (Fsp3) is 0.273. The van der Waals surface area contributed by atoms with E-state index < -0.39 is 0 Å². The van der Waals surface area contributed by atoms with E-state index in [1.165, 1.54) is 0 Å². The molecule has 0 bridgehead atoms. The SMILES string of the molecule is Cc1ccc(C2=C(N3CCN(C)CC3)C(=O)c3ccccc3C2=O)cc1. The van der Waals surface area contributed by atoms with Crippen molar-refractivity contribution < 1.29 is 9.59 Å². The third-order valence-electron chi connectivity index (χ3n) is 5.26. The number of likely N-dealkylation sites (N-methyl/N-ethyl adjacent to an activating group) is 1. The predicted molar refractivity (Wildman–Crippen MR) is 102 cm³/mol. The Balaban J connectivity index is 1.89. The van der Waals surface area contributed by atoms with Crippen LogP contribution in [0.4, 0.5) is 0 Å².